The highest BCUT2D eigenvalue weighted by molar-refractivity contribution is 5.21. The first-order valence-electron chi connectivity index (χ1n) is 7.29. The third kappa shape index (κ3) is 3.34. The summed E-state index contributed by atoms with van der Waals surface area (Å²) < 4.78 is 13.9. The molecule has 0 bridgehead atoms. The number of halogens is 1. The molecular weight excluding hydrogens is 239 g/mol. The van der Waals surface area contributed by atoms with Gasteiger partial charge in [0.1, 0.15) is 5.82 Å². The molecule has 1 aromatic rings. The van der Waals surface area contributed by atoms with Crippen LogP contribution in [0.25, 0.3) is 0 Å². The second-order valence-corrected chi connectivity index (χ2v) is 5.86. The molecule has 106 valence electrons. The molecule has 0 amide bonds. The Balaban J connectivity index is 2.18. The maximum Gasteiger partial charge on any atom is 0.127 e. The molecule has 2 rings (SSSR count). The van der Waals surface area contributed by atoms with Gasteiger partial charge in [-0.1, -0.05) is 25.1 Å². The van der Waals surface area contributed by atoms with Crippen molar-refractivity contribution in [3.05, 3.63) is 35.6 Å². The maximum absolute atomic E-state index is 13.9. The Morgan fingerprint density at radius 1 is 1.42 bits per heavy atom. The zero-order valence-corrected chi connectivity index (χ0v) is 12.2. The fraction of sp³-hybridized carbons (Fsp3) is 0.625. The van der Waals surface area contributed by atoms with E-state index in [9.17, 15) is 4.39 Å². The molecule has 1 aliphatic heterocycles. The minimum absolute atomic E-state index is 0.0922. The van der Waals surface area contributed by atoms with E-state index in [1.54, 1.807) is 12.1 Å². The van der Waals surface area contributed by atoms with E-state index >= 15 is 0 Å². The van der Waals surface area contributed by atoms with Crippen molar-refractivity contribution in [3.63, 3.8) is 0 Å². The Morgan fingerprint density at radius 3 is 2.84 bits per heavy atom. The molecule has 2 unspecified atom stereocenters. The third-order valence-electron chi connectivity index (χ3n) is 4.41. The summed E-state index contributed by atoms with van der Waals surface area (Å²) >= 11 is 0. The van der Waals surface area contributed by atoms with Gasteiger partial charge in [0, 0.05) is 30.2 Å². The fourth-order valence-corrected chi connectivity index (χ4v) is 2.83. The molecule has 2 nitrogen and oxygen atoms in total. The van der Waals surface area contributed by atoms with Gasteiger partial charge in [0.25, 0.3) is 0 Å². The fourth-order valence-electron chi connectivity index (χ4n) is 2.83. The van der Waals surface area contributed by atoms with Crippen LogP contribution in [0.1, 0.15) is 45.2 Å². The standard InChI is InChI=1S/C16H25FN2/c1-4-16(3)12-19(11-7-10-18-16)13(2)14-8-5-6-9-15(14)17/h5-6,8-9,13,18H,4,7,10-12H2,1-3H3. The van der Waals surface area contributed by atoms with E-state index in [1.165, 1.54) is 0 Å². The van der Waals surface area contributed by atoms with E-state index in [0.29, 0.717) is 0 Å². The van der Waals surface area contributed by atoms with Crippen molar-refractivity contribution < 1.29 is 4.39 Å². The number of nitrogens with zero attached hydrogens (tertiary/aromatic N) is 1. The van der Waals surface area contributed by atoms with E-state index < -0.39 is 0 Å². The van der Waals surface area contributed by atoms with Gasteiger partial charge in [0.15, 0.2) is 0 Å². The molecule has 1 N–H and O–H groups in total. The summed E-state index contributed by atoms with van der Waals surface area (Å²) in [6.07, 6.45) is 2.21. The van der Waals surface area contributed by atoms with Gasteiger partial charge in [-0.2, -0.15) is 0 Å². The Labute approximate surface area is 116 Å². The van der Waals surface area contributed by atoms with Crippen LogP contribution in [0.15, 0.2) is 24.3 Å². The molecule has 0 radical (unpaired) electrons. The van der Waals surface area contributed by atoms with Crippen molar-refractivity contribution in [1.29, 1.82) is 0 Å². The average Bonchev–Trinajstić information content (AvgIpc) is 2.61. The van der Waals surface area contributed by atoms with Crippen LogP contribution >= 0.6 is 0 Å². The molecule has 1 saturated heterocycles. The first kappa shape index (κ1) is 14.5. The minimum Gasteiger partial charge on any atom is -0.310 e. The lowest BCUT2D eigenvalue weighted by Crippen LogP contribution is -2.49. The van der Waals surface area contributed by atoms with E-state index in [1.807, 2.05) is 12.1 Å². The number of rotatable bonds is 3. The van der Waals surface area contributed by atoms with Gasteiger partial charge < -0.3 is 5.32 Å². The van der Waals surface area contributed by atoms with Crippen LogP contribution < -0.4 is 5.32 Å². The number of hydrogen-bond acceptors (Lipinski definition) is 2. The van der Waals surface area contributed by atoms with E-state index in [-0.39, 0.29) is 17.4 Å². The molecule has 3 heteroatoms. The van der Waals surface area contributed by atoms with Gasteiger partial charge in [-0.15, -0.1) is 0 Å². The van der Waals surface area contributed by atoms with Crippen molar-refractivity contribution >= 4 is 0 Å². The van der Waals surface area contributed by atoms with Crippen molar-refractivity contribution in [1.82, 2.24) is 10.2 Å². The summed E-state index contributed by atoms with van der Waals surface area (Å²) in [5.74, 6) is -0.0922. The van der Waals surface area contributed by atoms with Crippen LogP contribution in [0.4, 0.5) is 4.39 Å². The maximum atomic E-state index is 13.9. The molecule has 1 fully saturated rings. The van der Waals surface area contributed by atoms with Gasteiger partial charge in [-0.05, 0) is 39.3 Å². The monoisotopic (exact) mass is 264 g/mol. The van der Waals surface area contributed by atoms with E-state index in [2.05, 4.69) is 31.0 Å². The molecule has 2 atom stereocenters. The van der Waals surface area contributed by atoms with E-state index in [4.69, 9.17) is 0 Å². The van der Waals surface area contributed by atoms with Crippen LogP contribution in [-0.2, 0) is 0 Å². The lowest BCUT2D eigenvalue weighted by atomic mass is 9.97. The minimum atomic E-state index is -0.0922. The predicted molar refractivity (Wildman–Crippen MR) is 77.7 cm³/mol. The molecule has 19 heavy (non-hydrogen) atoms. The molecule has 0 spiro atoms. The summed E-state index contributed by atoms with van der Waals surface area (Å²) in [6, 6.07) is 7.27. The molecule has 0 aliphatic carbocycles. The highest BCUT2D eigenvalue weighted by Crippen LogP contribution is 2.26. The van der Waals surface area contributed by atoms with Crippen molar-refractivity contribution in [2.75, 3.05) is 19.6 Å². The number of benzene rings is 1. The van der Waals surface area contributed by atoms with Crippen LogP contribution in [0.2, 0.25) is 0 Å². The second kappa shape index (κ2) is 6.02. The zero-order valence-electron chi connectivity index (χ0n) is 12.2. The van der Waals surface area contributed by atoms with Gasteiger partial charge in [-0.3, -0.25) is 4.90 Å². The molecule has 0 saturated carbocycles. The third-order valence-corrected chi connectivity index (χ3v) is 4.41. The lowest BCUT2D eigenvalue weighted by molar-refractivity contribution is 0.167. The topological polar surface area (TPSA) is 15.3 Å². The largest absolute Gasteiger partial charge is 0.310 e. The number of hydrogen-bond donors (Lipinski definition) is 1. The lowest BCUT2D eigenvalue weighted by Gasteiger charge is -2.36. The zero-order chi connectivity index (χ0) is 13.9. The molecule has 1 aromatic carbocycles. The van der Waals surface area contributed by atoms with Crippen molar-refractivity contribution in [3.8, 4) is 0 Å². The molecular formula is C16H25FN2. The Kier molecular flexibility index (Phi) is 4.58. The molecule has 0 aromatic heterocycles. The number of nitrogens with one attached hydrogen (secondary N) is 1. The van der Waals surface area contributed by atoms with Crippen LogP contribution in [0.5, 0.6) is 0 Å². The van der Waals surface area contributed by atoms with Crippen LogP contribution in [-0.4, -0.2) is 30.1 Å². The van der Waals surface area contributed by atoms with Crippen LogP contribution in [0.3, 0.4) is 0 Å². The quantitative estimate of drug-likeness (QED) is 0.900. The smallest absolute Gasteiger partial charge is 0.127 e. The molecule has 1 aliphatic rings. The first-order chi connectivity index (χ1) is 9.06. The van der Waals surface area contributed by atoms with Gasteiger partial charge in [0.2, 0.25) is 0 Å². The summed E-state index contributed by atoms with van der Waals surface area (Å²) in [6.45, 7) is 9.63. The highest BCUT2D eigenvalue weighted by Gasteiger charge is 2.30. The average molecular weight is 264 g/mol. The highest BCUT2D eigenvalue weighted by atomic mass is 19.1. The second-order valence-electron chi connectivity index (χ2n) is 5.86. The first-order valence-corrected chi connectivity index (χ1v) is 7.29. The van der Waals surface area contributed by atoms with Crippen LogP contribution in [0, 0.1) is 5.82 Å². The Morgan fingerprint density at radius 2 is 2.16 bits per heavy atom. The summed E-state index contributed by atoms with van der Waals surface area (Å²) in [5, 5.41) is 3.62. The normalized spacial score (nSPS) is 26.9. The Hall–Kier alpha value is -0.930. The summed E-state index contributed by atoms with van der Waals surface area (Å²) in [5.41, 5.74) is 0.943. The van der Waals surface area contributed by atoms with Crippen molar-refractivity contribution in [2.45, 2.75) is 45.2 Å². The molecule has 1 heterocycles. The predicted octanol–water partition coefficient (Wildman–Crippen LogP) is 3.35. The SMILES string of the molecule is CCC1(C)CN(C(C)c2ccccc2F)CCCN1. The van der Waals surface area contributed by atoms with Gasteiger partial charge >= 0.3 is 0 Å². The van der Waals surface area contributed by atoms with Gasteiger partial charge in [0.05, 0.1) is 0 Å². The van der Waals surface area contributed by atoms with E-state index in [0.717, 1.165) is 38.0 Å². The Bertz CT molecular complexity index is 421. The summed E-state index contributed by atoms with van der Waals surface area (Å²) in [7, 11) is 0. The van der Waals surface area contributed by atoms with Crippen molar-refractivity contribution in [2.24, 2.45) is 0 Å². The van der Waals surface area contributed by atoms with Gasteiger partial charge in [-0.25, -0.2) is 4.39 Å². The summed E-state index contributed by atoms with van der Waals surface area (Å²) in [4.78, 5) is 2.40.